The number of nitrogens with zero attached hydrogens (tertiary/aromatic N) is 1. The zero-order valence-corrected chi connectivity index (χ0v) is 10.1. The largest absolute Gasteiger partial charge is 0.479 e. The summed E-state index contributed by atoms with van der Waals surface area (Å²) in [6.07, 6.45) is -1.56. The second kappa shape index (κ2) is 6.32. The van der Waals surface area contributed by atoms with Gasteiger partial charge in [0.2, 0.25) is 0 Å². The molecule has 3 N–H and O–H groups in total. The number of aliphatic hydroxyl groups excluding tert-OH is 1. The highest BCUT2D eigenvalue weighted by molar-refractivity contribution is 5.76. The Labute approximate surface area is 95.2 Å². The molecule has 6 heteroatoms. The van der Waals surface area contributed by atoms with E-state index in [4.69, 9.17) is 10.2 Å². The Hall–Kier alpha value is -1.30. The Morgan fingerprint density at radius 2 is 1.81 bits per heavy atom. The van der Waals surface area contributed by atoms with E-state index in [0.717, 1.165) is 0 Å². The van der Waals surface area contributed by atoms with Gasteiger partial charge in [0, 0.05) is 13.1 Å². The molecular formula is C10H20N2O4. The molecule has 94 valence electrons. The third kappa shape index (κ3) is 4.48. The highest BCUT2D eigenvalue weighted by Crippen LogP contribution is 2.07. The molecule has 0 aliphatic carbocycles. The van der Waals surface area contributed by atoms with Crippen LogP contribution in [0.2, 0.25) is 0 Å². The molecule has 16 heavy (non-hydrogen) atoms. The van der Waals surface area contributed by atoms with Gasteiger partial charge in [0.15, 0.2) is 6.10 Å². The topological polar surface area (TPSA) is 89.9 Å². The van der Waals surface area contributed by atoms with E-state index in [9.17, 15) is 9.59 Å². The van der Waals surface area contributed by atoms with E-state index in [0.29, 0.717) is 5.92 Å². The van der Waals surface area contributed by atoms with Crippen molar-refractivity contribution in [3.8, 4) is 0 Å². The van der Waals surface area contributed by atoms with Crippen LogP contribution in [0.25, 0.3) is 0 Å². The van der Waals surface area contributed by atoms with E-state index in [-0.39, 0.29) is 18.6 Å². The van der Waals surface area contributed by atoms with Gasteiger partial charge in [-0.05, 0) is 12.8 Å². The monoisotopic (exact) mass is 232 g/mol. The normalized spacial score (nSPS) is 14.4. The van der Waals surface area contributed by atoms with Gasteiger partial charge >= 0.3 is 12.0 Å². The molecule has 0 spiro atoms. The zero-order chi connectivity index (χ0) is 12.9. The summed E-state index contributed by atoms with van der Waals surface area (Å²) in [4.78, 5) is 23.3. The molecule has 0 fully saturated rings. The summed E-state index contributed by atoms with van der Waals surface area (Å²) in [5, 5.41) is 19.7. The molecule has 6 nitrogen and oxygen atoms in total. The molecule has 0 aliphatic heterocycles. The first-order chi connectivity index (χ1) is 7.27. The molecule has 2 unspecified atom stereocenters. The fourth-order valence-electron chi connectivity index (χ4n) is 1.03. The van der Waals surface area contributed by atoms with Crippen molar-refractivity contribution in [2.24, 2.45) is 5.92 Å². The number of hydrogen-bond acceptors (Lipinski definition) is 3. The van der Waals surface area contributed by atoms with Gasteiger partial charge in [-0.1, -0.05) is 13.8 Å². The van der Waals surface area contributed by atoms with Crippen LogP contribution in [-0.2, 0) is 4.79 Å². The van der Waals surface area contributed by atoms with Gasteiger partial charge < -0.3 is 20.4 Å². The van der Waals surface area contributed by atoms with Crippen molar-refractivity contribution in [3.05, 3.63) is 0 Å². The maximum atomic E-state index is 11.5. The van der Waals surface area contributed by atoms with Crippen molar-refractivity contribution in [2.75, 3.05) is 13.6 Å². The number of amides is 2. The summed E-state index contributed by atoms with van der Waals surface area (Å²) in [6.45, 7) is 5.59. The van der Waals surface area contributed by atoms with Crippen molar-refractivity contribution >= 4 is 12.0 Å². The first-order valence-corrected chi connectivity index (χ1v) is 5.18. The Balaban J connectivity index is 4.11. The molecule has 0 aromatic heterocycles. The van der Waals surface area contributed by atoms with Gasteiger partial charge in [0.25, 0.3) is 0 Å². The van der Waals surface area contributed by atoms with E-state index in [1.165, 1.54) is 4.90 Å². The standard InChI is InChI=1S/C10H20N2O4/c1-6(2)7(3)12(4)10(16)11-5-8(13)9(14)15/h6-8,13H,5H2,1-4H3,(H,11,16)(H,14,15). The third-order valence-corrected chi connectivity index (χ3v) is 2.63. The van der Waals surface area contributed by atoms with Crippen LogP contribution < -0.4 is 5.32 Å². The lowest BCUT2D eigenvalue weighted by Gasteiger charge is -2.28. The van der Waals surface area contributed by atoms with E-state index < -0.39 is 12.1 Å². The molecule has 0 heterocycles. The SMILES string of the molecule is CC(C)C(C)N(C)C(=O)NCC(O)C(=O)O. The maximum absolute atomic E-state index is 11.5. The van der Waals surface area contributed by atoms with Crippen molar-refractivity contribution in [1.29, 1.82) is 0 Å². The number of urea groups is 1. The Bertz CT molecular complexity index is 255. The van der Waals surface area contributed by atoms with Crippen LogP contribution in [0.5, 0.6) is 0 Å². The Morgan fingerprint density at radius 3 is 2.19 bits per heavy atom. The summed E-state index contributed by atoms with van der Waals surface area (Å²) in [6, 6.07) is -0.344. The predicted octanol–water partition coefficient (Wildman–Crippen LogP) is 0.118. The fraction of sp³-hybridized carbons (Fsp3) is 0.800. The number of aliphatic hydroxyl groups is 1. The number of hydrogen-bond donors (Lipinski definition) is 3. The smallest absolute Gasteiger partial charge is 0.334 e. The first kappa shape index (κ1) is 14.7. The van der Waals surface area contributed by atoms with Gasteiger partial charge in [-0.3, -0.25) is 0 Å². The van der Waals surface area contributed by atoms with Gasteiger partial charge in [0.05, 0.1) is 6.54 Å². The highest BCUT2D eigenvalue weighted by atomic mass is 16.4. The van der Waals surface area contributed by atoms with E-state index >= 15 is 0 Å². The number of carboxylic acids is 1. The van der Waals surface area contributed by atoms with Crippen LogP contribution in [0.3, 0.4) is 0 Å². The van der Waals surface area contributed by atoms with E-state index in [1.807, 2.05) is 20.8 Å². The lowest BCUT2D eigenvalue weighted by atomic mass is 10.1. The average molecular weight is 232 g/mol. The minimum atomic E-state index is -1.56. The molecule has 0 bridgehead atoms. The van der Waals surface area contributed by atoms with E-state index in [1.54, 1.807) is 7.05 Å². The molecule has 0 aromatic rings. The van der Waals surface area contributed by atoms with Crippen LogP contribution in [0.15, 0.2) is 0 Å². The molecule has 0 saturated heterocycles. The summed E-state index contributed by atoms with van der Waals surface area (Å²) in [5.41, 5.74) is 0. The van der Waals surface area contributed by atoms with Crippen molar-refractivity contribution < 1.29 is 19.8 Å². The Kier molecular flexibility index (Phi) is 5.81. The molecule has 0 aliphatic rings. The number of aliphatic carboxylic acids is 1. The Morgan fingerprint density at radius 1 is 1.31 bits per heavy atom. The third-order valence-electron chi connectivity index (χ3n) is 2.63. The highest BCUT2D eigenvalue weighted by Gasteiger charge is 2.20. The van der Waals surface area contributed by atoms with Gasteiger partial charge in [-0.2, -0.15) is 0 Å². The van der Waals surface area contributed by atoms with Crippen LogP contribution in [0.4, 0.5) is 4.79 Å². The van der Waals surface area contributed by atoms with Crippen molar-refractivity contribution in [3.63, 3.8) is 0 Å². The number of carboxylic acid groups (broad SMARTS) is 1. The van der Waals surface area contributed by atoms with Crippen molar-refractivity contribution in [1.82, 2.24) is 10.2 Å². The minimum Gasteiger partial charge on any atom is -0.479 e. The molecule has 0 saturated carbocycles. The number of carbonyl (C=O) groups excluding carboxylic acids is 1. The summed E-state index contributed by atoms with van der Waals surface area (Å²) in [5.74, 6) is -1.04. The molecular weight excluding hydrogens is 212 g/mol. The quantitative estimate of drug-likeness (QED) is 0.628. The zero-order valence-electron chi connectivity index (χ0n) is 10.1. The van der Waals surface area contributed by atoms with Crippen molar-refractivity contribution in [2.45, 2.75) is 32.9 Å². The molecule has 0 aromatic carbocycles. The predicted molar refractivity (Wildman–Crippen MR) is 59.1 cm³/mol. The second-order valence-electron chi connectivity index (χ2n) is 4.14. The van der Waals surface area contributed by atoms with Crippen LogP contribution in [-0.4, -0.2) is 52.9 Å². The molecule has 2 atom stereocenters. The van der Waals surface area contributed by atoms with Crippen LogP contribution in [0, 0.1) is 5.92 Å². The maximum Gasteiger partial charge on any atom is 0.334 e. The lowest BCUT2D eigenvalue weighted by molar-refractivity contribution is -0.146. The fourth-order valence-corrected chi connectivity index (χ4v) is 1.03. The summed E-state index contributed by atoms with van der Waals surface area (Å²) < 4.78 is 0. The molecule has 0 radical (unpaired) electrons. The van der Waals surface area contributed by atoms with Crippen LogP contribution >= 0.6 is 0 Å². The lowest BCUT2D eigenvalue weighted by Crippen LogP contribution is -2.47. The van der Waals surface area contributed by atoms with E-state index in [2.05, 4.69) is 5.32 Å². The van der Waals surface area contributed by atoms with Gasteiger partial charge in [0.1, 0.15) is 0 Å². The molecule has 2 amide bonds. The number of nitrogens with one attached hydrogen (secondary N) is 1. The van der Waals surface area contributed by atoms with Crippen LogP contribution in [0.1, 0.15) is 20.8 Å². The minimum absolute atomic E-state index is 0.0435. The number of carbonyl (C=O) groups is 2. The molecule has 0 rings (SSSR count). The number of rotatable bonds is 5. The average Bonchev–Trinajstić information content (AvgIpc) is 2.22. The van der Waals surface area contributed by atoms with Gasteiger partial charge in [-0.25, -0.2) is 9.59 Å². The summed E-state index contributed by atoms with van der Waals surface area (Å²) in [7, 11) is 1.63. The van der Waals surface area contributed by atoms with Gasteiger partial charge in [-0.15, -0.1) is 0 Å². The first-order valence-electron chi connectivity index (χ1n) is 5.18. The summed E-state index contributed by atoms with van der Waals surface area (Å²) >= 11 is 0. The second-order valence-corrected chi connectivity index (χ2v) is 4.14.